The lowest BCUT2D eigenvalue weighted by atomic mass is 10.1. The molecule has 0 bridgehead atoms. The molecule has 0 aliphatic carbocycles. The summed E-state index contributed by atoms with van der Waals surface area (Å²) in [6, 6.07) is 11.7. The molecule has 0 aliphatic rings. The summed E-state index contributed by atoms with van der Waals surface area (Å²) in [6.45, 7) is 2.63. The van der Waals surface area contributed by atoms with Crippen molar-refractivity contribution in [2.45, 2.75) is 19.1 Å². The lowest BCUT2D eigenvalue weighted by Gasteiger charge is -2.16. The normalized spacial score (nSPS) is 14.4. The van der Waals surface area contributed by atoms with Crippen molar-refractivity contribution in [3.63, 3.8) is 0 Å². The van der Waals surface area contributed by atoms with Gasteiger partial charge in [0.05, 0.1) is 6.10 Å². The van der Waals surface area contributed by atoms with E-state index >= 15 is 0 Å². The fourth-order valence-corrected chi connectivity index (χ4v) is 2.61. The van der Waals surface area contributed by atoms with Crippen LogP contribution in [0.25, 0.3) is 0 Å². The molecule has 0 saturated carbocycles. The molecule has 1 aromatic heterocycles. The highest BCUT2D eigenvalue weighted by Crippen LogP contribution is 2.20. The second kappa shape index (κ2) is 6.34. The molecule has 0 spiro atoms. The van der Waals surface area contributed by atoms with Crippen LogP contribution < -0.4 is 5.32 Å². The number of benzene rings is 1. The summed E-state index contributed by atoms with van der Waals surface area (Å²) in [4.78, 5) is 1.28. The summed E-state index contributed by atoms with van der Waals surface area (Å²) >= 11 is 7.53. The highest BCUT2D eigenvalue weighted by molar-refractivity contribution is 7.10. The fraction of sp³-hybridized carbons (Fsp3) is 0.286. The fourth-order valence-electron chi connectivity index (χ4n) is 1.73. The smallest absolute Gasteiger partial charge is 0.0914 e. The van der Waals surface area contributed by atoms with E-state index in [0.29, 0.717) is 11.6 Å². The van der Waals surface area contributed by atoms with Gasteiger partial charge in [0.25, 0.3) is 0 Å². The number of thiophene rings is 1. The van der Waals surface area contributed by atoms with E-state index in [2.05, 4.69) is 23.7 Å². The van der Waals surface area contributed by atoms with Crippen LogP contribution in [0.5, 0.6) is 0 Å². The lowest BCUT2D eigenvalue weighted by Crippen LogP contribution is -2.24. The predicted octanol–water partition coefficient (Wildman–Crippen LogP) is 3.79. The van der Waals surface area contributed by atoms with Crippen molar-refractivity contribution in [1.29, 1.82) is 0 Å². The minimum Gasteiger partial charge on any atom is -0.387 e. The van der Waals surface area contributed by atoms with E-state index in [4.69, 9.17) is 11.6 Å². The monoisotopic (exact) mass is 281 g/mol. The highest BCUT2D eigenvalue weighted by atomic mass is 35.5. The second-order valence-electron chi connectivity index (χ2n) is 4.21. The molecule has 2 N–H and O–H groups in total. The average Bonchev–Trinajstić information content (AvgIpc) is 2.90. The largest absolute Gasteiger partial charge is 0.387 e. The maximum Gasteiger partial charge on any atom is 0.0914 e. The van der Waals surface area contributed by atoms with Crippen molar-refractivity contribution in [3.05, 3.63) is 57.2 Å². The molecule has 0 fully saturated rings. The summed E-state index contributed by atoms with van der Waals surface area (Å²) in [5.74, 6) is 0. The molecule has 2 atom stereocenters. The molecule has 1 heterocycles. The van der Waals surface area contributed by atoms with Gasteiger partial charge in [-0.2, -0.15) is 0 Å². The molecule has 4 heteroatoms. The Kier molecular flexibility index (Phi) is 4.78. The van der Waals surface area contributed by atoms with Gasteiger partial charge in [-0.05, 0) is 36.1 Å². The molecule has 18 heavy (non-hydrogen) atoms. The SMILES string of the molecule is CC(NCC(O)c1ccc(Cl)cc1)c1cccs1. The first kappa shape index (κ1) is 13.6. The third-order valence-electron chi connectivity index (χ3n) is 2.84. The van der Waals surface area contributed by atoms with Gasteiger partial charge in [0.2, 0.25) is 0 Å². The van der Waals surface area contributed by atoms with Crippen LogP contribution in [0.15, 0.2) is 41.8 Å². The summed E-state index contributed by atoms with van der Waals surface area (Å²) in [5, 5.41) is 16.1. The Balaban J connectivity index is 1.88. The minimum atomic E-state index is -0.510. The average molecular weight is 282 g/mol. The van der Waals surface area contributed by atoms with Gasteiger partial charge in [0, 0.05) is 22.5 Å². The third-order valence-corrected chi connectivity index (χ3v) is 4.15. The molecule has 96 valence electrons. The molecule has 2 nitrogen and oxygen atoms in total. The number of hydrogen-bond donors (Lipinski definition) is 2. The van der Waals surface area contributed by atoms with Crippen LogP contribution in [0, 0.1) is 0 Å². The number of hydrogen-bond acceptors (Lipinski definition) is 3. The molecule has 2 rings (SSSR count). The standard InChI is InChI=1S/C14H16ClNOS/c1-10(14-3-2-8-18-14)16-9-13(17)11-4-6-12(15)7-5-11/h2-8,10,13,16-17H,9H2,1H3. The molecule has 0 aliphatic heterocycles. The van der Waals surface area contributed by atoms with E-state index in [1.54, 1.807) is 23.5 Å². The molecule has 2 aromatic rings. The topological polar surface area (TPSA) is 32.3 Å². The Morgan fingerprint density at radius 1 is 1.28 bits per heavy atom. The Morgan fingerprint density at radius 3 is 2.61 bits per heavy atom. The van der Waals surface area contributed by atoms with Crippen LogP contribution in [0.2, 0.25) is 5.02 Å². The molecule has 1 aromatic carbocycles. The first-order chi connectivity index (χ1) is 8.66. The second-order valence-corrected chi connectivity index (χ2v) is 5.63. The molecule has 0 saturated heterocycles. The van der Waals surface area contributed by atoms with E-state index in [0.717, 1.165) is 5.56 Å². The maximum atomic E-state index is 10.1. The number of nitrogens with one attached hydrogen (secondary N) is 1. The molecule has 2 unspecified atom stereocenters. The summed E-state index contributed by atoms with van der Waals surface area (Å²) < 4.78 is 0. The Hall–Kier alpha value is -0.870. The van der Waals surface area contributed by atoms with Gasteiger partial charge >= 0.3 is 0 Å². The molecular formula is C14H16ClNOS. The van der Waals surface area contributed by atoms with Gasteiger partial charge in [-0.1, -0.05) is 29.8 Å². The Labute approximate surface area is 116 Å². The first-order valence-electron chi connectivity index (χ1n) is 5.87. The van der Waals surface area contributed by atoms with Gasteiger partial charge in [-0.15, -0.1) is 11.3 Å². The lowest BCUT2D eigenvalue weighted by molar-refractivity contribution is 0.171. The highest BCUT2D eigenvalue weighted by Gasteiger charge is 2.10. The summed E-state index contributed by atoms with van der Waals surface area (Å²) in [6.07, 6.45) is -0.510. The minimum absolute atomic E-state index is 0.256. The van der Waals surface area contributed by atoms with Crippen LogP contribution in [-0.2, 0) is 0 Å². The number of halogens is 1. The quantitative estimate of drug-likeness (QED) is 0.874. The molecular weight excluding hydrogens is 266 g/mol. The molecule has 0 radical (unpaired) electrons. The Bertz CT molecular complexity index is 469. The van der Waals surface area contributed by atoms with Crippen molar-refractivity contribution in [1.82, 2.24) is 5.32 Å². The summed E-state index contributed by atoms with van der Waals surface area (Å²) in [5.41, 5.74) is 0.880. The van der Waals surface area contributed by atoms with Gasteiger partial charge < -0.3 is 10.4 Å². The van der Waals surface area contributed by atoms with Crippen LogP contribution in [0.4, 0.5) is 0 Å². The van der Waals surface area contributed by atoms with Gasteiger partial charge in [0.15, 0.2) is 0 Å². The number of aliphatic hydroxyl groups excluding tert-OH is 1. The van der Waals surface area contributed by atoms with Crippen molar-refractivity contribution < 1.29 is 5.11 Å². The van der Waals surface area contributed by atoms with E-state index in [1.807, 2.05) is 18.2 Å². The first-order valence-corrected chi connectivity index (χ1v) is 7.13. The van der Waals surface area contributed by atoms with E-state index < -0.39 is 6.10 Å². The van der Waals surface area contributed by atoms with Crippen LogP contribution in [0.3, 0.4) is 0 Å². The molecule has 0 amide bonds. The zero-order valence-electron chi connectivity index (χ0n) is 10.1. The van der Waals surface area contributed by atoms with Gasteiger partial charge in [-0.25, -0.2) is 0 Å². The van der Waals surface area contributed by atoms with Crippen molar-refractivity contribution in [3.8, 4) is 0 Å². The van der Waals surface area contributed by atoms with E-state index in [1.165, 1.54) is 4.88 Å². The van der Waals surface area contributed by atoms with Crippen LogP contribution in [0.1, 0.15) is 29.5 Å². The zero-order chi connectivity index (χ0) is 13.0. The predicted molar refractivity (Wildman–Crippen MR) is 77.1 cm³/mol. The van der Waals surface area contributed by atoms with E-state index in [-0.39, 0.29) is 6.04 Å². The summed E-state index contributed by atoms with van der Waals surface area (Å²) in [7, 11) is 0. The van der Waals surface area contributed by atoms with E-state index in [9.17, 15) is 5.11 Å². The van der Waals surface area contributed by atoms with Crippen molar-refractivity contribution in [2.24, 2.45) is 0 Å². The van der Waals surface area contributed by atoms with Crippen molar-refractivity contribution in [2.75, 3.05) is 6.54 Å². The number of rotatable bonds is 5. The Morgan fingerprint density at radius 2 is 2.00 bits per heavy atom. The third kappa shape index (κ3) is 3.56. The van der Waals surface area contributed by atoms with Crippen LogP contribution >= 0.6 is 22.9 Å². The maximum absolute atomic E-state index is 10.1. The zero-order valence-corrected chi connectivity index (χ0v) is 11.7. The van der Waals surface area contributed by atoms with Gasteiger partial charge in [-0.3, -0.25) is 0 Å². The van der Waals surface area contributed by atoms with Crippen LogP contribution in [-0.4, -0.2) is 11.7 Å². The number of aliphatic hydroxyl groups is 1. The van der Waals surface area contributed by atoms with Crippen molar-refractivity contribution >= 4 is 22.9 Å². The van der Waals surface area contributed by atoms with Gasteiger partial charge in [0.1, 0.15) is 0 Å².